The average Bonchev–Trinajstić information content (AvgIpc) is 3.26. The van der Waals surface area contributed by atoms with Gasteiger partial charge in [0, 0.05) is 14.9 Å². The molecule has 0 aromatic heterocycles. The maximum Gasteiger partial charge on any atom is 0.281 e. The minimum Gasteiger partial charge on any atom is -0.481 e. The first-order valence-electron chi connectivity index (χ1n) is 11.5. The molecule has 2 aliphatic rings. The van der Waals surface area contributed by atoms with E-state index in [0.717, 1.165) is 50.6 Å². The number of benzene rings is 3. The molecule has 178 valence electrons. The van der Waals surface area contributed by atoms with Crippen LogP contribution in [0.4, 0.5) is 4.39 Å². The highest BCUT2D eigenvalue weighted by Gasteiger charge is 2.43. The molecule has 0 unspecified atom stereocenters. The normalized spacial score (nSPS) is 20.5. The summed E-state index contributed by atoms with van der Waals surface area (Å²) in [5, 5.41) is 6.40. The summed E-state index contributed by atoms with van der Waals surface area (Å²) in [5.41, 5.74) is 4.21. The van der Waals surface area contributed by atoms with Crippen LogP contribution in [-0.4, -0.2) is 23.2 Å². The summed E-state index contributed by atoms with van der Waals surface area (Å²) in [4.78, 5) is 13.4. The second-order valence-corrected chi connectivity index (χ2v) is 10.5. The van der Waals surface area contributed by atoms with E-state index in [2.05, 4.69) is 50.1 Å². The fraction of sp³-hybridized carbons (Fsp3) is 0.214. The van der Waals surface area contributed by atoms with E-state index >= 15 is 0 Å². The smallest absolute Gasteiger partial charge is 0.281 e. The van der Waals surface area contributed by atoms with Crippen LogP contribution in [-0.2, 0) is 4.79 Å². The van der Waals surface area contributed by atoms with Crippen molar-refractivity contribution in [2.24, 2.45) is 11.0 Å². The Labute approximate surface area is 220 Å². The molecule has 1 fully saturated rings. The van der Waals surface area contributed by atoms with Crippen LogP contribution in [0.2, 0.25) is 0 Å². The Hall–Kier alpha value is -2.77. The summed E-state index contributed by atoms with van der Waals surface area (Å²) in [5.74, 6) is -0.651. The average molecular weight is 598 g/mol. The van der Waals surface area contributed by atoms with E-state index in [1.807, 2.05) is 36.4 Å². The molecule has 2 atom stereocenters. The highest BCUT2D eigenvalue weighted by Crippen LogP contribution is 2.44. The SMILES string of the molecule is O=C(COc1ccccc1F)N1N=C2/C(=C\c3ccc(Br)cc3)CCC[C@@H]2[C@H]1c1ccc(Br)cc1. The lowest BCUT2D eigenvalue weighted by molar-refractivity contribution is -0.135. The molecule has 0 bridgehead atoms. The van der Waals surface area contributed by atoms with E-state index in [1.165, 1.54) is 12.1 Å². The molecule has 0 saturated heterocycles. The Morgan fingerprint density at radius 3 is 2.43 bits per heavy atom. The Kier molecular flexibility index (Phi) is 7.16. The lowest BCUT2D eigenvalue weighted by atomic mass is 9.77. The van der Waals surface area contributed by atoms with E-state index in [4.69, 9.17) is 9.84 Å². The van der Waals surface area contributed by atoms with Gasteiger partial charge in [-0.1, -0.05) is 68.3 Å². The van der Waals surface area contributed by atoms with Crippen molar-refractivity contribution in [3.8, 4) is 5.75 Å². The minimum absolute atomic E-state index is 0.0566. The van der Waals surface area contributed by atoms with Crippen LogP contribution in [0.25, 0.3) is 6.08 Å². The number of hydrogen-bond donors (Lipinski definition) is 0. The molecule has 1 heterocycles. The Morgan fingerprint density at radius 1 is 1.03 bits per heavy atom. The van der Waals surface area contributed by atoms with Crippen molar-refractivity contribution in [2.75, 3.05) is 6.61 Å². The standard InChI is InChI=1S/C28H23Br2FN2O2/c29-21-12-8-18(9-13-21)16-20-4-3-5-23-27(20)32-33(28(23)19-10-14-22(30)15-11-19)26(34)17-35-25-7-2-1-6-24(25)31/h1-2,6-16,23,28H,3-5,17H2/b20-16-/t23-,28+/m0/s1. The van der Waals surface area contributed by atoms with Crippen LogP contribution in [0.3, 0.4) is 0 Å². The number of halogens is 3. The summed E-state index contributed by atoms with van der Waals surface area (Å²) >= 11 is 6.99. The number of para-hydroxylation sites is 1. The quantitative estimate of drug-likeness (QED) is 0.305. The Bertz CT molecular complexity index is 1290. The molecule has 1 aliphatic carbocycles. The fourth-order valence-corrected chi connectivity index (χ4v) is 5.26. The summed E-state index contributed by atoms with van der Waals surface area (Å²) < 4.78 is 21.6. The summed E-state index contributed by atoms with van der Waals surface area (Å²) in [6, 6.07) is 22.0. The predicted molar refractivity (Wildman–Crippen MR) is 143 cm³/mol. The zero-order valence-electron chi connectivity index (χ0n) is 18.8. The molecule has 35 heavy (non-hydrogen) atoms. The van der Waals surface area contributed by atoms with Gasteiger partial charge in [-0.3, -0.25) is 4.79 Å². The van der Waals surface area contributed by atoms with Crippen LogP contribution in [0, 0.1) is 11.7 Å². The van der Waals surface area contributed by atoms with Gasteiger partial charge in [-0.2, -0.15) is 5.10 Å². The van der Waals surface area contributed by atoms with Crippen molar-refractivity contribution in [2.45, 2.75) is 25.3 Å². The van der Waals surface area contributed by atoms with Gasteiger partial charge in [-0.25, -0.2) is 9.40 Å². The number of fused-ring (bicyclic) bond motifs is 1. The lowest BCUT2D eigenvalue weighted by Gasteiger charge is -2.29. The van der Waals surface area contributed by atoms with Gasteiger partial charge in [0.1, 0.15) is 0 Å². The number of carbonyl (C=O) groups is 1. The van der Waals surface area contributed by atoms with Gasteiger partial charge in [0.2, 0.25) is 0 Å². The van der Waals surface area contributed by atoms with Crippen LogP contribution in [0.5, 0.6) is 5.75 Å². The molecular weight excluding hydrogens is 575 g/mol. The first-order chi connectivity index (χ1) is 17.0. The molecule has 0 spiro atoms. The van der Waals surface area contributed by atoms with Crippen molar-refractivity contribution in [1.29, 1.82) is 0 Å². The molecule has 5 rings (SSSR count). The number of amides is 1. The Morgan fingerprint density at radius 2 is 1.71 bits per heavy atom. The van der Waals surface area contributed by atoms with Crippen molar-refractivity contribution in [3.63, 3.8) is 0 Å². The fourth-order valence-electron chi connectivity index (χ4n) is 4.73. The van der Waals surface area contributed by atoms with Crippen molar-refractivity contribution in [3.05, 3.63) is 104 Å². The van der Waals surface area contributed by atoms with E-state index in [0.29, 0.717) is 0 Å². The third kappa shape index (κ3) is 5.26. The topological polar surface area (TPSA) is 41.9 Å². The summed E-state index contributed by atoms with van der Waals surface area (Å²) in [7, 11) is 0. The van der Waals surface area contributed by atoms with Gasteiger partial charge in [0.05, 0.1) is 11.8 Å². The third-order valence-electron chi connectivity index (χ3n) is 6.37. The van der Waals surface area contributed by atoms with Gasteiger partial charge < -0.3 is 4.74 Å². The maximum atomic E-state index is 14.0. The van der Waals surface area contributed by atoms with Crippen LogP contribution >= 0.6 is 31.9 Å². The summed E-state index contributed by atoms with van der Waals surface area (Å²) in [6.07, 6.45) is 5.04. The number of hydrazone groups is 1. The minimum atomic E-state index is -0.495. The van der Waals surface area contributed by atoms with Crippen molar-refractivity contribution in [1.82, 2.24) is 5.01 Å². The van der Waals surface area contributed by atoms with E-state index in [1.54, 1.807) is 17.1 Å². The number of carbonyl (C=O) groups excluding carboxylic acids is 1. The van der Waals surface area contributed by atoms with Crippen LogP contribution in [0.1, 0.15) is 36.4 Å². The monoisotopic (exact) mass is 596 g/mol. The van der Waals surface area contributed by atoms with Gasteiger partial charge in [0.15, 0.2) is 18.2 Å². The zero-order chi connectivity index (χ0) is 24.4. The molecule has 3 aromatic carbocycles. The third-order valence-corrected chi connectivity index (χ3v) is 7.42. The molecule has 4 nitrogen and oxygen atoms in total. The van der Waals surface area contributed by atoms with Crippen LogP contribution in [0.15, 0.2) is 92.4 Å². The van der Waals surface area contributed by atoms with Crippen molar-refractivity contribution >= 4 is 49.6 Å². The summed E-state index contributed by atoms with van der Waals surface area (Å²) in [6.45, 7) is -0.288. The Balaban J connectivity index is 1.47. The molecule has 1 aliphatic heterocycles. The van der Waals surface area contributed by atoms with E-state index < -0.39 is 5.82 Å². The molecule has 7 heteroatoms. The van der Waals surface area contributed by atoms with Gasteiger partial charge in [-0.05, 0) is 78.4 Å². The first kappa shape index (κ1) is 23.9. The van der Waals surface area contributed by atoms with Gasteiger partial charge in [0.25, 0.3) is 5.91 Å². The number of nitrogens with zero attached hydrogens (tertiary/aromatic N) is 2. The second-order valence-electron chi connectivity index (χ2n) is 8.66. The molecule has 1 saturated carbocycles. The largest absolute Gasteiger partial charge is 0.481 e. The number of ether oxygens (including phenoxy) is 1. The maximum absolute atomic E-state index is 14.0. The number of hydrogen-bond acceptors (Lipinski definition) is 3. The van der Waals surface area contributed by atoms with Gasteiger partial charge >= 0.3 is 0 Å². The molecular formula is C28H23Br2FN2O2. The predicted octanol–water partition coefficient (Wildman–Crippen LogP) is 7.55. The van der Waals surface area contributed by atoms with E-state index in [-0.39, 0.29) is 30.2 Å². The molecule has 0 radical (unpaired) electrons. The second kappa shape index (κ2) is 10.5. The zero-order valence-corrected chi connectivity index (χ0v) is 22.0. The van der Waals surface area contributed by atoms with Gasteiger partial charge in [-0.15, -0.1) is 0 Å². The number of rotatable bonds is 5. The molecule has 0 N–H and O–H groups in total. The van der Waals surface area contributed by atoms with Crippen LogP contribution < -0.4 is 4.74 Å². The lowest BCUT2D eigenvalue weighted by Crippen LogP contribution is -2.34. The highest BCUT2D eigenvalue weighted by molar-refractivity contribution is 9.10. The molecule has 1 amide bonds. The van der Waals surface area contributed by atoms with Crippen molar-refractivity contribution < 1.29 is 13.9 Å². The number of allylic oxidation sites excluding steroid dienone is 1. The first-order valence-corrected chi connectivity index (χ1v) is 13.1. The molecule has 3 aromatic rings. The van der Waals surface area contributed by atoms with E-state index in [9.17, 15) is 9.18 Å². The highest BCUT2D eigenvalue weighted by atomic mass is 79.9.